The third-order valence-electron chi connectivity index (χ3n) is 4.76. The van der Waals surface area contributed by atoms with Crippen LogP contribution >= 0.6 is 0 Å². The molecule has 0 radical (unpaired) electrons. The number of nitrogens with zero attached hydrogens (tertiary/aromatic N) is 1. The number of rotatable bonds is 8. The van der Waals surface area contributed by atoms with Gasteiger partial charge in [-0.25, -0.2) is 0 Å². The van der Waals surface area contributed by atoms with E-state index in [4.69, 9.17) is 13.9 Å². The van der Waals surface area contributed by atoms with Crippen LogP contribution < -0.4 is 20.1 Å². The molecular weight excluding hydrogens is 362 g/mol. The molecule has 1 aromatic heterocycles. The van der Waals surface area contributed by atoms with E-state index in [9.17, 15) is 9.59 Å². The number of carbonyl (C=O) groups is 2. The van der Waals surface area contributed by atoms with Crippen molar-refractivity contribution in [1.82, 2.24) is 15.5 Å². The number of piperazine rings is 1. The molecular formula is C20H25N3O5. The molecule has 1 aromatic carbocycles. The summed E-state index contributed by atoms with van der Waals surface area (Å²) in [6.45, 7) is 2.07. The summed E-state index contributed by atoms with van der Waals surface area (Å²) in [7, 11) is 3.20. The fraction of sp³-hybridized carbons (Fsp3) is 0.400. The first-order chi connectivity index (χ1) is 13.6. The van der Waals surface area contributed by atoms with Crippen molar-refractivity contribution in [3.05, 3.63) is 47.9 Å². The molecule has 8 heteroatoms. The zero-order chi connectivity index (χ0) is 19.9. The van der Waals surface area contributed by atoms with Gasteiger partial charge in [-0.05, 0) is 12.1 Å². The minimum absolute atomic E-state index is 0.0855. The van der Waals surface area contributed by atoms with Gasteiger partial charge in [-0.15, -0.1) is 0 Å². The standard InChI is InChI=1S/C20H25N3O5/c1-26-16-4-3-15(18(9-16)27-2)12-23-7-6-21-20(25)17(23)10-19(24)22-11-14-5-8-28-13-14/h3-5,8-9,13,17H,6-7,10-12H2,1-2H3,(H,21,25)(H,22,24). The van der Waals surface area contributed by atoms with Crippen molar-refractivity contribution in [2.45, 2.75) is 25.6 Å². The van der Waals surface area contributed by atoms with E-state index in [-0.39, 0.29) is 18.2 Å². The van der Waals surface area contributed by atoms with Gasteiger partial charge >= 0.3 is 0 Å². The Morgan fingerprint density at radius 1 is 1.32 bits per heavy atom. The van der Waals surface area contributed by atoms with Crippen LogP contribution in [0.2, 0.25) is 0 Å². The first-order valence-corrected chi connectivity index (χ1v) is 9.11. The zero-order valence-corrected chi connectivity index (χ0v) is 16.1. The van der Waals surface area contributed by atoms with E-state index in [2.05, 4.69) is 10.6 Å². The Hall–Kier alpha value is -3.00. The molecule has 2 heterocycles. The number of methoxy groups -OCH3 is 2. The molecule has 2 N–H and O–H groups in total. The van der Waals surface area contributed by atoms with E-state index in [1.165, 1.54) is 0 Å². The summed E-state index contributed by atoms with van der Waals surface area (Å²) in [4.78, 5) is 26.8. The van der Waals surface area contributed by atoms with Crippen LogP contribution in [0.3, 0.4) is 0 Å². The Balaban J connectivity index is 1.66. The summed E-state index contributed by atoms with van der Waals surface area (Å²) in [6, 6.07) is 6.83. The molecule has 2 aromatic rings. The largest absolute Gasteiger partial charge is 0.497 e. The van der Waals surface area contributed by atoms with E-state index in [0.29, 0.717) is 37.7 Å². The average Bonchev–Trinajstić information content (AvgIpc) is 3.23. The number of furan rings is 1. The van der Waals surface area contributed by atoms with Crippen LogP contribution in [0, 0.1) is 0 Å². The smallest absolute Gasteiger partial charge is 0.237 e. The van der Waals surface area contributed by atoms with E-state index in [1.54, 1.807) is 32.8 Å². The molecule has 0 saturated carbocycles. The van der Waals surface area contributed by atoms with Crippen LogP contribution in [0.5, 0.6) is 11.5 Å². The van der Waals surface area contributed by atoms with Crippen LogP contribution in [0.25, 0.3) is 0 Å². The van der Waals surface area contributed by atoms with Crippen molar-refractivity contribution < 1.29 is 23.5 Å². The highest BCUT2D eigenvalue weighted by molar-refractivity contribution is 5.88. The highest BCUT2D eigenvalue weighted by atomic mass is 16.5. The lowest BCUT2D eigenvalue weighted by Crippen LogP contribution is -2.56. The maximum Gasteiger partial charge on any atom is 0.237 e. The average molecular weight is 387 g/mol. The van der Waals surface area contributed by atoms with Crippen molar-refractivity contribution >= 4 is 11.8 Å². The molecule has 1 aliphatic heterocycles. The minimum Gasteiger partial charge on any atom is -0.497 e. The number of carbonyl (C=O) groups excluding carboxylic acids is 2. The summed E-state index contributed by atoms with van der Waals surface area (Å²) < 4.78 is 15.7. The fourth-order valence-electron chi connectivity index (χ4n) is 3.22. The van der Waals surface area contributed by atoms with Crippen molar-refractivity contribution in [1.29, 1.82) is 0 Å². The zero-order valence-electron chi connectivity index (χ0n) is 16.1. The summed E-state index contributed by atoms with van der Waals surface area (Å²) in [6.07, 6.45) is 3.22. The van der Waals surface area contributed by atoms with Gasteiger partial charge in [-0.2, -0.15) is 0 Å². The van der Waals surface area contributed by atoms with Crippen molar-refractivity contribution in [3.8, 4) is 11.5 Å². The molecule has 2 amide bonds. The molecule has 1 unspecified atom stereocenters. The number of ether oxygens (including phenoxy) is 2. The van der Waals surface area contributed by atoms with E-state index in [0.717, 1.165) is 11.1 Å². The SMILES string of the molecule is COc1ccc(CN2CCNC(=O)C2CC(=O)NCc2ccoc2)c(OC)c1. The van der Waals surface area contributed by atoms with Crippen molar-refractivity contribution in [3.63, 3.8) is 0 Å². The van der Waals surface area contributed by atoms with Gasteiger partial charge in [0, 0.05) is 43.4 Å². The molecule has 1 saturated heterocycles. The Labute approximate surface area is 163 Å². The summed E-state index contributed by atoms with van der Waals surface area (Å²) >= 11 is 0. The molecule has 0 aliphatic carbocycles. The van der Waals surface area contributed by atoms with E-state index in [1.807, 2.05) is 23.1 Å². The van der Waals surface area contributed by atoms with Gasteiger partial charge in [-0.3, -0.25) is 14.5 Å². The maximum absolute atomic E-state index is 12.4. The van der Waals surface area contributed by atoms with Crippen molar-refractivity contribution in [2.24, 2.45) is 0 Å². The van der Waals surface area contributed by atoms with Gasteiger partial charge in [0.15, 0.2) is 0 Å². The number of hydrogen-bond donors (Lipinski definition) is 2. The van der Waals surface area contributed by atoms with Gasteiger partial charge in [0.1, 0.15) is 11.5 Å². The third kappa shape index (κ3) is 4.83. The van der Waals surface area contributed by atoms with Crippen LogP contribution in [0.4, 0.5) is 0 Å². The van der Waals surface area contributed by atoms with Crippen LogP contribution in [0.1, 0.15) is 17.5 Å². The molecule has 0 spiro atoms. The summed E-state index contributed by atoms with van der Waals surface area (Å²) in [5, 5.41) is 5.67. The molecule has 1 fully saturated rings. The lowest BCUT2D eigenvalue weighted by molar-refractivity contribution is -0.134. The molecule has 150 valence electrons. The van der Waals surface area contributed by atoms with E-state index >= 15 is 0 Å². The normalized spacial score (nSPS) is 17.1. The summed E-state index contributed by atoms with van der Waals surface area (Å²) in [5.41, 5.74) is 1.81. The Morgan fingerprint density at radius 3 is 2.89 bits per heavy atom. The van der Waals surface area contributed by atoms with Crippen molar-refractivity contribution in [2.75, 3.05) is 27.3 Å². The lowest BCUT2D eigenvalue weighted by atomic mass is 10.1. The van der Waals surface area contributed by atoms with E-state index < -0.39 is 6.04 Å². The second kappa shape index (κ2) is 9.27. The predicted molar refractivity (Wildman–Crippen MR) is 102 cm³/mol. The Bertz CT molecular complexity index is 806. The highest BCUT2D eigenvalue weighted by Gasteiger charge is 2.32. The second-order valence-corrected chi connectivity index (χ2v) is 6.57. The first-order valence-electron chi connectivity index (χ1n) is 9.11. The number of benzene rings is 1. The summed E-state index contributed by atoms with van der Waals surface area (Å²) in [5.74, 6) is 1.06. The molecule has 28 heavy (non-hydrogen) atoms. The molecule has 1 atom stereocenters. The lowest BCUT2D eigenvalue weighted by Gasteiger charge is -2.35. The third-order valence-corrected chi connectivity index (χ3v) is 4.76. The highest BCUT2D eigenvalue weighted by Crippen LogP contribution is 2.27. The number of nitrogens with one attached hydrogen (secondary N) is 2. The quantitative estimate of drug-likeness (QED) is 0.709. The number of amides is 2. The second-order valence-electron chi connectivity index (χ2n) is 6.57. The predicted octanol–water partition coefficient (Wildman–Crippen LogP) is 1.30. The van der Waals surface area contributed by atoms with Gasteiger partial charge in [0.2, 0.25) is 11.8 Å². The molecule has 8 nitrogen and oxygen atoms in total. The minimum atomic E-state index is -0.537. The van der Waals surface area contributed by atoms with Gasteiger partial charge in [-0.1, -0.05) is 6.07 Å². The van der Waals surface area contributed by atoms with Crippen LogP contribution in [-0.2, 0) is 22.7 Å². The topological polar surface area (TPSA) is 93.0 Å². The first kappa shape index (κ1) is 19.8. The van der Waals surface area contributed by atoms with Gasteiger partial charge < -0.3 is 24.5 Å². The van der Waals surface area contributed by atoms with Gasteiger partial charge in [0.05, 0.1) is 39.2 Å². The molecule has 0 bridgehead atoms. The van der Waals surface area contributed by atoms with Crippen LogP contribution in [0.15, 0.2) is 41.2 Å². The van der Waals surface area contributed by atoms with Gasteiger partial charge in [0.25, 0.3) is 0 Å². The Kier molecular flexibility index (Phi) is 6.54. The monoisotopic (exact) mass is 387 g/mol. The van der Waals surface area contributed by atoms with Crippen LogP contribution in [-0.4, -0.2) is 50.1 Å². The Morgan fingerprint density at radius 2 is 2.18 bits per heavy atom. The maximum atomic E-state index is 12.4. The molecule has 1 aliphatic rings. The number of hydrogen-bond acceptors (Lipinski definition) is 6. The fourth-order valence-corrected chi connectivity index (χ4v) is 3.22. The molecule has 3 rings (SSSR count).